The second-order valence-corrected chi connectivity index (χ2v) is 6.03. The Morgan fingerprint density at radius 3 is 3.21 bits per heavy atom. The number of amides is 1. The van der Waals surface area contributed by atoms with Gasteiger partial charge in [-0.1, -0.05) is 6.07 Å². The van der Waals surface area contributed by atoms with E-state index in [2.05, 4.69) is 10.4 Å². The first kappa shape index (κ1) is 16.4. The lowest BCUT2D eigenvalue weighted by atomic mass is 9.96. The van der Waals surface area contributed by atoms with Crippen LogP contribution in [0.4, 0.5) is 0 Å². The van der Waals surface area contributed by atoms with Crippen molar-refractivity contribution in [1.29, 1.82) is 0 Å². The van der Waals surface area contributed by atoms with E-state index >= 15 is 0 Å². The van der Waals surface area contributed by atoms with Crippen molar-refractivity contribution in [3.8, 4) is 11.5 Å². The normalized spacial score (nSPS) is 16.1. The third-order valence-corrected chi connectivity index (χ3v) is 4.20. The average molecular weight is 329 g/mol. The lowest BCUT2D eigenvalue weighted by Gasteiger charge is -2.25. The Kier molecular flexibility index (Phi) is 5.36. The van der Waals surface area contributed by atoms with Crippen molar-refractivity contribution in [2.45, 2.75) is 25.8 Å². The van der Waals surface area contributed by atoms with E-state index in [0.29, 0.717) is 25.5 Å². The highest BCUT2D eigenvalue weighted by molar-refractivity contribution is 5.75. The molecule has 1 aromatic carbocycles. The maximum absolute atomic E-state index is 11.9. The lowest BCUT2D eigenvalue weighted by molar-refractivity contribution is -0.121. The quantitative estimate of drug-likeness (QED) is 0.844. The number of fused-ring (bicyclic) bond motifs is 1. The van der Waals surface area contributed by atoms with Crippen LogP contribution in [-0.4, -0.2) is 35.9 Å². The van der Waals surface area contributed by atoms with Crippen LogP contribution in [0.15, 0.2) is 36.7 Å². The Bertz CT molecular complexity index is 670. The van der Waals surface area contributed by atoms with Gasteiger partial charge in [0.15, 0.2) is 0 Å². The van der Waals surface area contributed by atoms with Crippen LogP contribution in [0.1, 0.15) is 18.4 Å². The van der Waals surface area contributed by atoms with Gasteiger partial charge < -0.3 is 14.8 Å². The van der Waals surface area contributed by atoms with Gasteiger partial charge in [-0.2, -0.15) is 5.10 Å². The predicted molar refractivity (Wildman–Crippen MR) is 90.2 cm³/mol. The van der Waals surface area contributed by atoms with Crippen LogP contribution in [0.5, 0.6) is 11.5 Å². The van der Waals surface area contributed by atoms with Gasteiger partial charge in [-0.25, -0.2) is 0 Å². The van der Waals surface area contributed by atoms with Crippen LogP contribution >= 0.6 is 0 Å². The average Bonchev–Trinajstić information content (AvgIpc) is 3.12. The highest BCUT2D eigenvalue weighted by Crippen LogP contribution is 2.30. The number of aromatic nitrogens is 2. The zero-order chi connectivity index (χ0) is 16.8. The van der Waals surface area contributed by atoms with Crippen molar-refractivity contribution in [2.24, 2.45) is 5.92 Å². The van der Waals surface area contributed by atoms with Crippen LogP contribution in [-0.2, 0) is 17.8 Å². The summed E-state index contributed by atoms with van der Waals surface area (Å²) in [6, 6.07) is 7.78. The van der Waals surface area contributed by atoms with E-state index in [9.17, 15) is 4.79 Å². The predicted octanol–water partition coefficient (Wildman–Crippen LogP) is 2.04. The fourth-order valence-electron chi connectivity index (χ4n) is 2.85. The van der Waals surface area contributed by atoms with E-state index in [1.807, 2.05) is 35.1 Å². The molecular formula is C18H23N3O3. The Labute approximate surface area is 141 Å². The summed E-state index contributed by atoms with van der Waals surface area (Å²) in [7, 11) is 1.65. The molecule has 1 amide bonds. The number of benzene rings is 1. The smallest absolute Gasteiger partial charge is 0.220 e. The molecule has 0 radical (unpaired) electrons. The highest BCUT2D eigenvalue weighted by Gasteiger charge is 2.20. The summed E-state index contributed by atoms with van der Waals surface area (Å²) in [5, 5.41) is 7.14. The molecule has 0 unspecified atom stereocenters. The topological polar surface area (TPSA) is 65.4 Å². The van der Waals surface area contributed by atoms with Gasteiger partial charge in [-0.15, -0.1) is 0 Å². The van der Waals surface area contributed by atoms with Gasteiger partial charge in [0.05, 0.1) is 13.7 Å². The minimum Gasteiger partial charge on any atom is -0.497 e. The molecule has 2 heterocycles. The zero-order valence-electron chi connectivity index (χ0n) is 13.9. The van der Waals surface area contributed by atoms with Gasteiger partial charge in [0.2, 0.25) is 5.91 Å². The molecule has 2 aromatic rings. The first-order valence-electron chi connectivity index (χ1n) is 8.28. The second kappa shape index (κ2) is 7.86. The SMILES string of the molecule is COc1ccc2c(c1)OC[C@H](CNC(=O)CCCn1cccn1)C2. The van der Waals surface area contributed by atoms with Crippen molar-refractivity contribution in [1.82, 2.24) is 15.1 Å². The van der Waals surface area contributed by atoms with E-state index < -0.39 is 0 Å². The van der Waals surface area contributed by atoms with Crippen LogP contribution in [0, 0.1) is 5.92 Å². The number of nitrogens with one attached hydrogen (secondary N) is 1. The summed E-state index contributed by atoms with van der Waals surface area (Å²) in [5.41, 5.74) is 1.17. The number of methoxy groups -OCH3 is 1. The summed E-state index contributed by atoms with van der Waals surface area (Å²) in [6.07, 6.45) is 5.87. The van der Waals surface area contributed by atoms with E-state index in [-0.39, 0.29) is 5.91 Å². The molecule has 1 aliphatic heterocycles. The third-order valence-electron chi connectivity index (χ3n) is 4.20. The maximum Gasteiger partial charge on any atom is 0.220 e. The lowest BCUT2D eigenvalue weighted by Crippen LogP contribution is -2.34. The summed E-state index contributed by atoms with van der Waals surface area (Å²) in [4.78, 5) is 11.9. The largest absolute Gasteiger partial charge is 0.497 e. The molecule has 6 nitrogen and oxygen atoms in total. The molecular weight excluding hydrogens is 306 g/mol. The molecule has 24 heavy (non-hydrogen) atoms. The van der Waals surface area contributed by atoms with Crippen molar-refractivity contribution in [3.63, 3.8) is 0 Å². The number of hydrogen-bond acceptors (Lipinski definition) is 4. The minimum absolute atomic E-state index is 0.0858. The number of carbonyl (C=O) groups is 1. The monoisotopic (exact) mass is 329 g/mol. The van der Waals surface area contributed by atoms with Crippen molar-refractivity contribution in [2.75, 3.05) is 20.3 Å². The Morgan fingerprint density at radius 2 is 2.42 bits per heavy atom. The standard InChI is InChI=1S/C18H23N3O3/c1-23-16-6-5-15-10-14(13-24-17(15)11-16)12-19-18(22)4-2-8-21-9-3-7-20-21/h3,5-7,9,11,14H,2,4,8,10,12-13H2,1H3,(H,19,22)/t14-/m0/s1. The summed E-state index contributed by atoms with van der Waals surface area (Å²) >= 11 is 0. The van der Waals surface area contributed by atoms with Crippen LogP contribution in [0.25, 0.3) is 0 Å². The van der Waals surface area contributed by atoms with E-state index in [0.717, 1.165) is 30.9 Å². The third kappa shape index (κ3) is 4.28. The summed E-state index contributed by atoms with van der Waals surface area (Å²) in [6.45, 7) is 2.03. The molecule has 128 valence electrons. The first-order chi connectivity index (χ1) is 11.7. The van der Waals surface area contributed by atoms with Crippen LogP contribution in [0.3, 0.4) is 0 Å². The molecule has 0 saturated carbocycles. The molecule has 0 aliphatic carbocycles. The van der Waals surface area contributed by atoms with Crippen LogP contribution in [0.2, 0.25) is 0 Å². The van der Waals surface area contributed by atoms with E-state index in [4.69, 9.17) is 9.47 Å². The van der Waals surface area contributed by atoms with Crippen molar-refractivity contribution < 1.29 is 14.3 Å². The van der Waals surface area contributed by atoms with Gasteiger partial charge in [0.25, 0.3) is 0 Å². The van der Waals surface area contributed by atoms with Crippen molar-refractivity contribution in [3.05, 3.63) is 42.2 Å². The number of carbonyl (C=O) groups excluding carboxylic acids is 1. The Hall–Kier alpha value is -2.50. The minimum atomic E-state index is 0.0858. The molecule has 0 saturated heterocycles. The first-order valence-corrected chi connectivity index (χ1v) is 8.28. The molecule has 1 aliphatic rings. The maximum atomic E-state index is 11.9. The number of nitrogens with zero attached hydrogens (tertiary/aromatic N) is 2. The molecule has 1 aromatic heterocycles. The molecule has 3 rings (SSSR count). The molecule has 6 heteroatoms. The van der Waals surface area contributed by atoms with Crippen LogP contribution < -0.4 is 14.8 Å². The number of hydrogen-bond donors (Lipinski definition) is 1. The highest BCUT2D eigenvalue weighted by atomic mass is 16.5. The Morgan fingerprint density at radius 1 is 1.50 bits per heavy atom. The van der Waals surface area contributed by atoms with Gasteiger partial charge in [-0.3, -0.25) is 9.48 Å². The number of ether oxygens (including phenoxy) is 2. The fraction of sp³-hybridized carbons (Fsp3) is 0.444. The molecule has 1 N–H and O–H groups in total. The summed E-state index contributed by atoms with van der Waals surface area (Å²) in [5.74, 6) is 2.08. The van der Waals surface area contributed by atoms with Gasteiger partial charge in [0.1, 0.15) is 11.5 Å². The van der Waals surface area contributed by atoms with Gasteiger partial charge >= 0.3 is 0 Å². The second-order valence-electron chi connectivity index (χ2n) is 6.03. The van der Waals surface area contributed by atoms with E-state index in [1.165, 1.54) is 5.56 Å². The van der Waals surface area contributed by atoms with E-state index in [1.54, 1.807) is 13.3 Å². The zero-order valence-corrected chi connectivity index (χ0v) is 13.9. The molecule has 0 fully saturated rings. The molecule has 0 bridgehead atoms. The Balaban J connectivity index is 1.39. The van der Waals surface area contributed by atoms with Gasteiger partial charge in [-0.05, 0) is 30.5 Å². The number of aryl methyl sites for hydroxylation is 1. The fourth-order valence-corrected chi connectivity index (χ4v) is 2.85. The van der Waals surface area contributed by atoms with Gasteiger partial charge in [0, 0.05) is 43.9 Å². The molecule has 1 atom stereocenters. The molecule has 0 spiro atoms. The summed E-state index contributed by atoms with van der Waals surface area (Å²) < 4.78 is 12.8. The van der Waals surface area contributed by atoms with Crippen molar-refractivity contribution >= 4 is 5.91 Å². The number of rotatable bonds is 7.